The van der Waals surface area contributed by atoms with Gasteiger partial charge in [-0.3, -0.25) is 9.52 Å². The lowest BCUT2D eigenvalue weighted by atomic mass is 10.2. The van der Waals surface area contributed by atoms with Crippen LogP contribution in [0, 0.1) is 5.82 Å². The van der Waals surface area contributed by atoms with E-state index in [0.29, 0.717) is 0 Å². The Morgan fingerprint density at radius 1 is 1.14 bits per heavy atom. The highest BCUT2D eigenvalue weighted by Crippen LogP contribution is 2.28. The first-order valence-electron chi connectivity index (χ1n) is 6.43. The van der Waals surface area contributed by atoms with Crippen molar-refractivity contribution in [3.63, 3.8) is 0 Å². The SMILES string of the molecule is CC(=O)N(C)c1ccc(F)cc1NS(=O)(=O)c1ccccc1. The Morgan fingerprint density at radius 2 is 1.77 bits per heavy atom. The molecule has 0 bridgehead atoms. The number of benzene rings is 2. The average Bonchev–Trinajstić information content (AvgIpc) is 2.47. The second-order valence-corrected chi connectivity index (χ2v) is 6.34. The Hall–Kier alpha value is -2.41. The summed E-state index contributed by atoms with van der Waals surface area (Å²) in [6, 6.07) is 11.3. The van der Waals surface area contributed by atoms with Crippen molar-refractivity contribution in [2.75, 3.05) is 16.7 Å². The normalized spacial score (nSPS) is 11.0. The predicted molar refractivity (Wildman–Crippen MR) is 82.7 cm³/mol. The van der Waals surface area contributed by atoms with Crippen LogP contribution in [0.2, 0.25) is 0 Å². The van der Waals surface area contributed by atoms with E-state index in [2.05, 4.69) is 4.72 Å². The lowest BCUT2D eigenvalue weighted by molar-refractivity contribution is -0.116. The van der Waals surface area contributed by atoms with Crippen molar-refractivity contribution in [1.29, 1.82) is 0 Å². The number of carbonyl (C=O) groups excluding carboxylic acids is 1. The molecule has 0 spiro atoms. The van der Waals surface area contributed by atoms with Crippen molar-refractivity contribution < 1.29 is 17.6 Å². The van der Waals surface area contributed by atoms with Gasteiger partial charge in [-0.25, -0.2) is 12.8 Å². The fraction of sp³-hybridized carbons (Fsp3) is 0.133. The Kier molecular flexibility index (Phi) is 4.46. The number of amides is 1. The molecule has 2 aromatic carbocycles. The Bertz CT molecular complexity index is 792. The van der Waals surface area contributed by atoms with Gasteiger partial charge in [-0.15, -0.1) is 0 Å². The Morgan fingerprint density at radius 3 is 2.36 bits per heavy atom. The highest BCUT2D eigenvalue weighted by Gasteiger charge is 2.18. The monoisotopic (exact) mass is 322 g/mol. The van der Waals surface area contributed by atoms with Gasteiger partial charge in [0.1, 0.15) is 5.82 Å². The number of hydrogen-bond donors (Lipinski definition) is 1. The van der Waals surface area contributed by atoms with Crippen molar-refractivity contribution in [2.45, 2.75) is 11.8 Å². The van der Waals surface area contributed by atoms with Crippen LogP contribution in [0.5, 0.6) is 0 Å². The highest BCUT2D eigenvalue weighted by atomic mass is 32.2. The van der Waals surface area contributed by atoms with Gasteiger partial charge in [-0.1, -0.05) is 18.2 Å². The molecule has 22 heavy (non-hydrogen) atoms. The minimum absolute atomic E-state index is 0.00144. The fourth-order valence-corrected chi connectivity index (χ4v) is 2.94. The zero-order valence-corrected chi connectivity index (χ0v) is 12.9. The fourth-order valence-electron chi connectivity index (χ4n) is 1.86. The summed E-state index contributed by atoms with van der Waals surface area (Å²) in [5.41, 5.74) is 0.273. The molecule has 1 N–H and O–H groups in total. The zero-order chi connectivity index (χ0) is 16.3. The zero-order valence-electron chi connectivity index (χ0n) is 12.1. The van der Waals surface area contributed by atoms with Crippen molar-refractivity contribution in [3.8, 4) is 0 Å². The maximum absolute atomic E-state index is 13.5. The smallest absolute Gasteiger partial charge is 0.261 e. The lowest BCUT2D eigenvalue weighted by Gasteiger charge is -2.20. The van der Waals surface area contributed by atoms with Crippen molar-refractivity contribution in [1.82, 2.24) is 0 Å². The number of sulfonamides is 1. The molecule has 0 saturated heterocycles. The van der Waals surface area contributed by atoms with E-state index in [1.165, 1.54) is 37.1 Å². The molecule has 0 aliphatic heterocycles. The Labute approximate surface area is 128 Å². The molecular weight excluding hydrogens is 307 g/mol. The van der Waals surface area contributed by atoms with Crippen molar-refractivity contribution in [3.05, 3.63) is 54.3 Å². The number of rotatable bonds is 4. The lowest BCUT2D eigenvalue weighted by Crippen LogP contribution is -2.25. The van der Waals surface area contributed by atoms with Crippen LogP contribution < -0.4 is 9.62 Å². The largest absolute Gasteiger partial charge is 0.314 e. The van der Waals surface area contributed by atoms with Gasteiger partial charge in [-0.05, 0) is 24.3 Å². The molecule has 7 heteroatoms. The molecule has 0 unspecified atom stereocenters. The van der Waals surface area contributed by atoms with E-state index >= 15 is 0 Å². The molecule has 116 valence electrons. The van der Waals surface area contributed by atoms with E-state index in [-0.39, 0.29) is 22.2 Å². The van der Waals surface area contributed by atoms with Crippen molar-refractivity contribution >= 4 is 27.3 Å². The maximum Gasteiger partial charge on any atom is 0.261 e. The topological polar surface area (TPSA) is 66.5 Å². The summed E-state index contributed by atoms with van der Waals surface area (Å²) >= 11 is 0. The molecule has 0 radical (unpaired) electrons. The van der Waals surface area contributed by atoms with E-state index in [4.69, 9.17) is 0 Å². The standard InChI is InChI=1S/C15H15FN2O3S/c1-11(19)18(2)15-9-8-12(16)10-14(15)17-22(20,21)13-6-4-3-5-7-13/h3-10,17H,1-2H3. The summed E-state index contributed by atoms with van der Waals surface area (Å²) in [4.78, 5) is 12.8. The summed E-state index contributed by atoms with van der Waals surface area (Å²) in [5, 5.41) is 0. The van der Waals surface area contributed by atoms with Gasteiger partial charge in [-0.2, -0.15) is 0 Å². The molecule has 0 heterocycles. The van der Waals surface area contributed by atoms with E-state index < -0.39 is 15.8 Å². The minimum Gasteiger partial charge on any atom is -0.314 e. The van der Waals surface area contributed by atoms with Gasteiger partial charge in [0.2, 0.25) is 5.91 Å². The number of carbonyl (C=O) groups is 1. The second kappa shape index (κ2) is 6.15. The minimum atomic E-state index is -3.87. The molecule has 0 saturated carbocycles. The van der Waals surface area contributed by atoms with Crippen LogP contribution in [0.25, 0.3) is 0 Å². The van der Waals surface area contributed by atoms with Crippen LogP contribution in [0.3, 0.4) is 0 Å². The predicted octanol–water partition coefficient (Wildman–Crippen LogP) is 2.61. The summed E-state index contributed by atoms with van der Waals surface area (Å²) in [7, 11) is -2.38. The number of nitrogens with one attached hydrogen (secondary N) is 1. The first-order valence-corrected chi connectivity index (χ1v) is 7.91. The van der Waals surface area contributed by atoms with Gasteiger partial charge in [0.15, 0.2) is 0 Å². The van der Waals surface area contributed by atoms with E-state index in [1.807, 2.05) is 0 Å². The van der Waals surface area contributed by atoms with Crippen LogP contribution in [-0.4, -0.2) is 21.4 Å². The van der Waals surface area contributed by atoms with E-state index in [9.17, 15) is 17.6 Å². The van der Waals surface area contributed by atoms with Gasteiger partial charge < -0.3 is 4.90 Å². The third-order valence-corrected chi connectivity index (χ3v) is 4.47. The molecule has 0 aliphatic rings. The van der Waals surface area contributed by atoms with Gasteiger partial charge in [0, 0.05) is 20.0 Å². The molecule has 2 aromatic rings. The number of halogens is 1. The van der Waals surface area contributed by atoms with E-state index in [0.717, 1.165) is 12.1 Å². The molecule has 2 rings (SSSR count). The highest BCUT2D eigenvalue weighted by molar-refractivity contribution is 7.92. The molecule has 0 aliphatic carbocycles. The summed E-state index contributed by atoms with van der Waals surface area (Å²) < 4.78 is 40.4. The van der Waals surface area contributed by atoms with Crippen LogP contribution in [0.4, 0.5) is 15.8 Å². The summed E-state index contributed by atoms with van der Waals surface area (Å²) in [6.07, 6.45) is 0. The molecule has 0 atom stereocenters. The maximum atomic E-state index is 13.5. The number of anilines is 2. The third kappa shape index (κ3) is 3.43. The Balaban J connectivity index is 2.45. The van der Waals surface area contributed by atoms with Crippen LogP contribution >= 0.6 is 0 Å². The van der Waals surface area contributed by atoms with Crippen LogP contribution in [0.1, 0.15) is 6.92 Å². The van der Waals surface area contributed by atoms with Gasteiger partial charge >= 0.3 is 0 Å². The van der Waals surface area contributed by atoms with Gasteiger partial charge in [0.05, 0.1) is 16.3 Å². The first kappa shape index (κ1) is 16.0. The number of hydrogen-bond acceptors (Lipinski definition) is 3. The molecular formula is C15H15FN2O3S. The van der Waals surface area contributed by atoms with Crippen LogP contribution in [0.15, 0.2) is 53.4 Å². The summed E-state index contributed by atoms with van der Waals surface area (Å²) in [5.74, 6) is -0.904. The molecule has 5 nitrogen and oxygen atoms in total. The third-order valence-electron chi connectivity index (χ3n) is 3.09. The summed E-state index contributed by atoms with van der Waals surface area (Å²) in [6.45, 7) is 1.33. The van der Waals surface area contributed by atoms with Crippen LogP contribution in [-0.2, 0) is 14.8 Å². The van der Waals surface area contributed by atoms with E-state index in [1.54, 1.807) is 18.2 Å². The first-order chi connectivity index (χ1) is 10.3. The number of nitrogens with zero attached hydrogens (tertiary/aromatic N) is 1. The molecule has 0 fully saturated rings. The van der Waals surface area contributed by atoms with Crippen molar-refractivity contribution in [2.24, 2.45) is 0 Å². The quantitative estimate of drug-likeness (QED) is 0.941. The second-order valence-electron chi connectivity index (χ2n) is 4.66. The molecule has 1 amide bonds. The van der Waals surface area contributed by atoms with Gasteiger partial charge in [0.25, 0.3) is 10.0 Å². The molecule has 0 aromatic heterocycles. The average molecular weight is 322 g/mol.